The van der Waals surface area contributed by atoms with Crippen molar-refractivity contribution < 1.29 is 42.1 Å². The second-order valence-corrected chi connectivity index (χ2v) is 9.65. The fourth-order valence-corrected chi connectivity index (χ4v) is 4.89. The van der Waals surface area contributed by atoms with Crippen LogP contribution >= 0.6 is 0 Å². The Labute approximate surface area is 225 Å². The van der Waals surface area contributed by atoms with Crippen molar-refractivity contribution in [2.45, 2.75) is 4.90 Å². The third kappa shape index (κ3) is 6.76. The Morgan fingerprint density at radius 1 is 0.872 bits per heavy atom. The molecule has 3 aromatic rings. The number of hydrogen-bond donors (Lipinski definition) is 2. The number of rotatable bonds is 12. The van der Waals surface area contributed by atoms with Crippen molar-refractivity contribution in [3.63, 3.8) is 0 Å². The van der Waals surface area contributed by atoms with Gasteiger partial charge in [0.15, 0.2) is 11.5 Å². The second-order valence-electron chi connectivity index (χ2n) is 7.79. The van der Waals surface area contributed by atoms with Crippen LogP contribution in [0.25, 0.3) is 0 Å². The van der Waals surface area contributed by atoms with E-state index >= 15 is 0 Å². The average Bonchev–Trinajstić information content (AvgIpc) is 2.95. The van der Waals surface area contributed by atoms with Gasteiger partial charge < -0.3 is 24.1 Å². The highest BCUT2D eigenvalue weighted by molar-refractivity contribution is 7.92. The highest BCUT2D eigenvalue weighted by Crippen LogP contribution is 2.37. The van der Waals surface area contributed by atoms with Gasteiger partial charge in [0.1, 0.15) is 18.0 Å². The molecular formula is C26H27N3O9S. The van der Waals surface area contributed by atoms with Gasteiger partial charge in [0.2, 0.25) is 0 Å². The summed E-state index contributed by atoms with van der Waals surface area (Å²) in [6.07, 6.45) is 1.29. The van der Waals surface area contributed by atoms with Crippen LogP contribution in [-0.4, -0.2) is 66.6 Å². The number of hydrogen-bond acceptors (Lipinski definition) is 9. The van der Waals surface area contributed by atoms with E-state index in [1.54, 1.807) is 6.07 Å². The number of hydrazone groups is 1. The van der Waals surface area contributed by atoms with E-state index in [1.165, 1.54) is 89.3 Å². The molecule has 0 unspecified atom stereocenters. The summed E-state index contributed by atoms with van der Waals surface area (Å²) in [6, 6.07) is 14.4. The second kappa shape index (κ2) is 12.6. The zero-order valence-corrected chi connectivity index (χ0v) is 22.4. The molecule has 0 atom stereocenters. The molecule has 3 rings (SSSR count). The standard InChI is InChI=1S/C26H27N3O9S/c1-35-19-9-11-22(36-2)21(13-19)29(39(33,34)20-10-12-23(37-3)24(14-20)38-4)16-25(30)28-27-15-17-5-7-18(8-6-17)26(31)32/h5-15H,16H2,1-4H3,(H,28,30)(H,31,32)/b27-15-. The first-order chi connectivity index (χ1) is 18.6. The van der Waals surface area contributed by atoms with Crippen molar-refractivity contribution in [2.75, 3.05) is 39.3 Å². The van der Waals surface area contributed by atoms with Gasteiger partial charge in [0, 0.05) is 12.1 Å². The molecule has 0 spiro atoms. The Morgan fingerprint density at radius 2 is 1.51 bits per heavy atom. The maximum absolute atomic E-state index is 13.9. The van der Waals surface area contributed by atoms with Crippen LogP contribution < -0.4 is 28.7 Å². The van der Waals surface area contributed by atoms with Crippen LogP contribution in [0.1, 0.15) is 15.9 Å². The number of anilines is 1. The van der Waals surface area contributed by atoms with Crippen molar-refractivity contribution >= 4 is 33.8 Å². The Balaban J connectivity index is 1.96. The first-order valence-corrected chi connectivity index (χ1v) is 12.7. The van der Waals surface area contributed by atoms with Crippen LogP contribution in [0.2, 0.25) is 0 Å². The number of ether oxygens (including phenoxy) is 4. The number of carboxylic acid groups (broad SMARTS) is 1. The van der Waals surface area contributed by atoms with Gasteiger partial charge >= 0.3 is 5.97 Å². The summed E-state index contributed by atoms with van der Waals surface area (Å²) in [5.74, 6) is -0.821. The molecule has 0 fully saturated rings. The van der Waals surface area contributed by atoms with Gasteiger partial charge in [-0.1, -0.05) is 12.1 Å². The van der Waals surface area contributed by atoms with E-state index in [4.69, 9.17) is 24.1 Å². The van der Waals surface area contributed by atoms with E-state index in [2.05, 4.69) is 10.5 Å². The first-order valence-electron chi connectivity index (χ1n) is 11.3. The number of sulfonamides is 1. The van der Waals surface area contributed by atoms with E-state index in [1.807, 2.05) is 0 Å². The third-order valence-corrected chi connectivity index (χ3v) is 7.20. The minimum atomic E-state index is -4.36. The van der Waals surface area contributed by atoms with Crippen LogP contribution in [-0.2, 0) is 14.8 Å². The number of nitrogens with one attached hydrogen (secondary N) is 1. The predicted octanol–water partition coefficient (Wildman–Crippen LogP) is 2.76. The lowest BCUT2D eigenvalue weighted by Gasteiger charge is -2.26. The number of methoxy groups -OCH3 is 4. The van der Waals surface area contributed by atoms with Crippen molar-refractivity contribution in [1.29, 1.82) is 0 Å². The summed E-state index contributed by atoms with van der Waals surface area (Å²) in [5, 5.41) is 12.9. The van der Waals surface area contributed by atoms with Gasteiger partial charge in [-0.25, -0.2) is 18.6 Å². The summed E-state index contributed by atoms with van der Waals surface area (Å²) in [5.41, 5.74) is 2.96. The molecule has 1 amide bonds. The Morgan fingerprint density at radius 3 is 2.10 bits per heavy atom. The molecule has 13 heteroatoms. The third-order valence-electron chi connectivity index (χ3n) is 5.45. The van der Waals surface area contributed by atoms with Crippen molar-refractivity contribution in [1.82, 2.24) is 5.43 Å². The lowest BCUT2D eigenvalue weighted by molar-refractivity contribution is -0.119. The van der Waals surface area contributed by atoms with Crippen LogP contribution in [0, 0.1) is 0 Å². The molecule has 0 bridgehead atoms. The monoisotopic (exact) mass is 557 g/mol. The smallest absolute Gasteiger partial charge is 0.335 e. The largest absolute Gasteiger partial charge is 0.497 e. The summed E-state index contributed by atoms with van der Waals surface area (Å²) in [7, 11) is 1.22. The van der Waals surface area contributed by atoms with Gasteiger partial charge in [-0.05, 0) is 42.0 Å². The van der Waals surface area contributed by atoms with Crippen LogP contribution in [0.3, 0.4) is 0 Å². The Bertz CT molecular complexity index is 1470. The molecule has 0 saturated carbocycles. The highest BCUT2D eigenvalue weighted by Gasteiger charge is 2.31. The molecule has 2 N–H and O–H groups in total. The van der Waals surface area contributed by atoms with Crippen LogP contribution in [0.15, 0.2) is 70.7 Å². The minimum Gasteiger partial charge on any atom is -0.497 e. The molecule has 206 valence electrons. The van der Waals surface area contributed by atoms with Gasteiger partial charge in [0.05, 0.1) is 50.8 Å². The molecule has 0 aliphatic carbocycles. The number of aromatic carboxylic acids is 1. The van der Waals surface area contributed by atoms with Crippen molar-refractivity contribution in [2.24, 2.45) is 5.10 Å². The van der Waals surface area contributed by atoms with E-state index in [0.29, 0.717) is 17.1 Å². The van der Waals surface area contributed by atoms with E-state index in [-0.39, 0.29) is 27.6 Å². The van der Waals surface area contributed by atoms with Crippen molar-refractivity contribution in [3.8, 4) is 23.0 Å². The molecule has 0 saturated heterocycles. The first kappa shape index (κ1) is 28.8. The maximum atomic E-state index is 13.9. The number of amides is 1. The van der Waals surface area contributed by atoms with Crippen LogP contribution in [0.4, 0.5) is 5.69 Å². The molecule has 3 aromatic carbocycles. The number of benzene rings is 3. The van der Waals surface area contributed by atoms with E-state index < -0.39 is 28.4 Å². The number of carboxylic acids is 1. The molecule has 0 radical (unpaired) electrons. The lowest BCUT2D eigenvalue weighted by Crippen LogP contribution is -2.39. The van der Waals surface area contributed by atoms with Gasteiger partial charge in [-0.3, -0.25) is 9.10 Å². The fourth-order valence-electron chi connectivity index (χ4n) is 3.45. The van der Waals surface area contributed by atoms with Gasteiger partial charge in [0.25, 0.3) is 15.9 Å². The summed E-state index contributed by atoms with van der Waals surface area (Å²) in [4.78, 5) is 23.7. The summed E-state index contributed by atoms with van der Waals surface area (Å²) >= 11 is 0. The summed E-state index contributed by atoms with van der Waals surface area (Å²) < 4.78 is 49.7. The minimum absolute atomic E-state index is 0.0509. The average molecular weight is 558 g/mol. The topological polar surface area (TPSA) is 153 Å². The molecule has 0 heterocycles. The molecule has 39 heavy (non-hydrogen) atoms. The molecule has 12 nitrogen and oxygen atoms in total. The van der Waals surface area contributed by atoms with E-state index in [0.717, 1.165) is 4.31 Å². The molecule has 0 aliphatic heterocycles. The predicted molar refractivity (Wildman–Crippen MR) is 143 cm³/mol. The van der Waals surface area contributed by atoms with Crippen LogP contribution in [0.5, 0.6) is 23.0 Å². The Hall–Kier alpha value is -4.78. The number of carbonyl (C=O) groups excluding carboxylic acids is 1. The van der Waals surface area contributed by atoms with Gasteiger partial charge in [-0.15, -0.1) is 0 Å². The van der Waals surface area contributed by atoms with Gasteiger partial charge in [-0.2, -0.15) is 5.10 Å². The Kier molecular flexibility index (Phi) is 9.33. The SMILES string of the molecule is COc1ccc(OC)c(N(CC(=O)N/N=C\c2ccc(C(=O)O)cc2)S(=O)(=O)c2ccc(OC)c(OC)c2)c1. The van der Waals surface area contributed by atoms with E-state index in [9.17, 15) is 18.0 Å². The zero-order valence-electron chi connectivity index (χ0n) is 21.6. The normalized spacial score (nSPS) is 11.1. The quantitative estimate of drug-likeness (QED) is 0.253. The number of nitrogens with zero attached hydrogens (tertiary/aromatic N) is 2. The highest BCUT2D eigenvalue weighted by atomic mass is 32.2. The molecule has 0 aliphatic rings. The summed E-state index contributed by atoms with van der Waals surface area (Å²) in [6.45, 7) is -0.671. The van der Waals surface area contributed by atoms with Crippen molar-refractivity contribution in [3.05, 3.63) is 71.8 Å². The lowest BCUT2D eigenvalue weighted by atomic mass is 10.1. The maximum Gasteiger partial charge on any atom is 0.335 e. The zero-order chi connectivity index (χ0) is 28.6. The molecular weight excluding hydrogens is 530 g/mol. The molecule has 0 aromatic heterocycles. The number of carbonyl (C=O) groups is 2. The fraction of sp³-hybridized carbons (Fsp3) is 0.192.